The second kappa shape index (κ2) is 11.6. The molecule has 5 aromatic rings. The molecule has 0 bridgehead atoms. The molecule has 4 aromatic carbocycles. The van der Waals surface area contributed by atoms with E-state index in [-0.39, 0.29) is 11.6 Å². The topological polar surface area (TPSA) is 38.7 Å². The van der Waals surface area contributed by atoms with Crippen molar-refractivity contribution in [2.75, 3.05) is 62.2 Å². The van der Waals surface area contributed by atoms with Crippen LogP contribution < -0.4 is 9.80 Å². The van der Waals surface area contributed by atoms with Crippen molar-refractivity contribution in [3.63, 3.8) is 0 Å². The fraction of sp³-hybridized carbons (Fsp3) is 0.294. The van der Waals surface area contributed by atoms with Crippen LogP contribution in [0.3, 0.4) is 0 Å². The number of rotatable bonds is 6. The third-order valence-corrected chi connectivity index (χ3v) is 8.56. The van der Waals surface area contributed by atoms with E-state index in [0.29, 0.717) is 0 Å². The molecule has 2 aliphatic rings. The van der Waals surface area contributed by atoms with Crippen LogP contribution in [-0.2, 0) is 13.1 Å². The SMILES string of the molecule is Fc1ccc(N2CCN(Cc3nc4cc5ccccc5cc4nc3CN3CCN(c4ccc(F)cc4)CC3)CC2)cc1. The number of anilines is 2. The minimum absolute atomic E-state index is 0.204. The van der Waals surface area contributed by atoms with Gasteiger partial charge in [-0.3, -0.25) is 9.80 Å². The highest BCUT2D eigenvalue weighted by atomic mass is 19.1. The van der Waals surface area contributed by atoms with Crippen LogP contribution >= 0.6 is 0 Å². The van der Waals surface area contributed by atoms with Crippen LogP contribution in [0.5, 0.6) is 0 Å². The molecule has 0 amide bonds. The van der Waals surface area contributed by atoms with Crippen molar-refractivity contribution in [2.24, 2.45) is 0 Å². The molecule has 0 saturated carbocycles. The number of benzene rings is 4. The molecule has 1 aromatic heterocycles. The Kier molecular flexibility index (Phi) is 7.40. The summed E-state index contributed by atoms with van der Waals surface area (Å²) < 4.78 is 26.8. The van der Waals surface area contributed by atoms with Gasteiger partial charge in [0.15, 0.2) is 0 Å². The smallest absolute Gasteiger partial charge is 0.123 e. The summed E-state index contributed by atoms with van der Waals surface area (Å²) in [4.78, 5) is 20.0. The molecule has 6 nitrogen and oxygen atoms in total. The Bertz CT molecular complexity index is 1550. The number of aromatic nitrogens is 2. The van der Waals surface area contributed by atoms with E-state index < -0.39 is 0 Å². The predicted molar refractivity (Wildman–Crippen MR) is 165 cm³/mol. The molecule has 0 unspecified atom stereocenters. The molecule has 3 heterocycles. The average molecular weight is 565 g/mol. The number of halogens is 2. The molecule has 0 N–H and O–H groups in total. The normalized spacial score (nSPS) is 16.9. The van der Waals surface area contributed by atoms with Crippen molar-refractivity contribution >= 4 is 33.2 Å². The van der Waals surface area contributed by atoms with Crippen LogP contribution in [0.2, 0.25) is 0 Å². The number of piperazine rings is 2. The molecule has 2 saturated heterocycles. The van der Waals surface area contributed by atoms with Crippen LogP contribution in [0.1, 0.15) is 11.4 Å². The number of nitrogens with zero attached hydrogens (tertiary/aromatic N) is 6. The Morgan fingerprint density at radius 3 is 1.26 bits per heavy atom. The van der Waals surface area contributed by atoms with Gasteiger partial charge in [-0.15, -0.1) is 0 Å². The lowest BCUT2D eigenvalue weighted by atomic mass is 10.1. The van der Waals surface area contributed by atoms with E-state index in [1.807, 2.05) is 24.3 Å². The minimum Gasteiger partial charge on any atom is -0.369 e. The Hall–Kier alpha value is -4.14. The van der Waals surface area contributed by atoms with Crippen LogP contribution in [0.15, 0.2) is 84.9 Å². The summed E-state index contributed by atoms with van der Waals surface area (Å²) in [6, 6.07) is 26.2. The molecule has 2 fully saturated rings. The van der Waals surface area contributed by atoms with E-state index in [1.165, 1.54) is 35.0 Å². The Balaban J connectivity index is 1.10. The van der Waals surface area contributed by atoms with Gasteiger partial charge in [0.25, 0.3) is 0 Å². The highest BCUT2D eigenvalue weighted by molar-refractivity contribution is 5.94. The molecule has 0 aliphatic carbocycles. The third kappa shape index (κ3) is 5.78. The summed E-state index contributed by atoms with van der Waals surface area (Å²) in [5, 5.41) is 2.34. The van der Waals surface area contributed by atoms with Gasteiger partial charge in [-0.25, -0.2) is 18.7 Å². The zero-order chi connectivity index (χ0) is 28.5. The van der Waals surface area contributed by atoms with Gasteiger partial charge in [0.2, 0.25) is 0 Å². The number of fused-ring (bicyclic) bond motifs is 2. The van der Waals surface area contributed by atoms with Gasteiger partial charge in [-0.2, -0.15) is 0 Å². The number of hydrogen-bond acceptors (Lipinski definition) is 6. The van der Waals surface area contributed by atoms with Gasteiger partial charge in [0, 0.05) is 76.8 Å². The third-order valence-electron chi connectivity index (χ3n) is 8.56. The molecular formula is C34H34F2N6. The van der Waals surface area contributed by atoms with Crippen molar-refractivity contribution in [1.29, 1.82) is 0 Å². The maximum absolute atomic E-state index is 13.4. The summed E-state index contributed by atoms with van der Waals surface area (Å²) >= 11 is 0. The van der Waals surface area contributed by atoms with Crippen molar-refractivity contribution in [2.45, 2.75) is 13.1 Å². The maximum atomic E-state index is 13.4. The zero-order valence-electron chi connectivity index (χ0n) is 23.6. The molecule has 2 aliphatic heterocycles. The van der Waals surface area contributed by atoms with Gasteiger partial charge in [0.1, 0.15) is 11.6 Å². The molecule has 0 atom stereocenters. The predicted octanol–water partition coefficient (Wildman–Crippen LogP) is 5.71. The quantitative estimate of drug-likeness (QED) is 0.246. The first-order valence-electron chi connectivity index (χ1n) is 14.7. The molecule has 214 valence electrons. The maximum Gasteiger partial charge on any atom is 0.123 e. The van der Waals surface area contributed by atoms with E-state index in [4.69, 9.17) is 9.97 Å². The van der Waals surface area contributed by atoms with E-state index >= 15 is 0 Å². The van der Waals surface area contributed by atoms with Crippen molar-refractivity contribution in [3.05, 3.63) is 108 Å². The molecular weight excluding hydrogens is 530 g/mol. The van der Waals surface area contributed by atoms with Gasteiger partial charge >= 0.3 is 0 Å². The number of hydrogen-bond donors (Lipinski definition) is 0. The van der Waals surface area contributed by atoms with E-state index in [1.54, 1.807) is 0 Å². The standard InChI is InChI=1S/C34H34F2N6/c35-27-5-9-29(10-6-27)41-17-13-39(14-18-41)23-33-34(38-32-22-26-4-2-1-3-25(26)21-31(32)37-33)24-40-15-19-42(20-16-40)30-11-7-28(36)8-12-30/h1-12,21-22H,13-20,23-24H2. The molecule has 0 spiro atoms. The lowest BCUT2D eigenvalue weighted by Gasteiger charge is -2.37. The summed E-state index contributed by atoms with van der Waals surface area (Å²) in [5.41, 5.74) is 6.06. The monoisotopic (exact) mass is 564 g/mol. The summed E-state index contributed by atoms with van der Waals surface area (Å²) in [6.45, 7) is 8.67. The summed E-state index contributed by atoms with van der Waals surface area (Å²) in [5.74, 6) is -0.408. The van der Waals surface area contributed by atoms with Gasteiger partial charge in [0.05, 0.1) is 22.4 Å². The van der Waals surface area contributed by atoms with Gasteiger partial charge in [-0.1, -0.05) is 24.3 Å². The van der Waals surface area contributed by atoms with E-state index in [2.05, 4.69) is 56.0 Å². The van der Waals surface area contributed by atoms with Crippen LogP contribution in [0, 0.1) is 11.6 Å². The summed E-state index contributed by atoms with van der Waals surface area (Å²) in [7, 11) is 0. The fourth-order valence-corrected chi connectivity index (χ4v) is 6.12. The van der Waals surface area contributed by atoms with Crippen LogP contribution in [0.4, 0.5) is 20.2 Å². The highest BCUT2D eigenvalue weighted by Gasteiger charge is 2.23. The molecule has 7 rings (SSSR count). The second-order valence-electron chi connectivity index (χ2n) is 11.3. The van der Waals surface area contributed by atoms with E-state index in [0.717, 1.165) is 99.2 Å². The van der Waals surface area contributed by atoms with Gasteiger partial charge < -0.3 is 9.80 Å². The molecule has 0 radical (unpaired) electrons. The minimum atomic E-state index is -0.204. The zero-order valence-corrected chi connectivity index (χ0v) is 23.6. The first-order chi connectivity index (χ1) is 20.6. The van der Waals surface area contributed by atoms with Crippen LogP contribution in [-0.4, -0.2) is 72.1 Å². The van der Waals surface area contributed by atoms with Crippen molar-refractivity contribution < 1.29 is 8.78 Å². The van der Waals surface area contributed by atoms with Gasteiger partial charge in [-0.05, 0) is 71.4 Å². The second-order valence-corrected chi connectivity index (χ2v) is 11.3. The average Bonchev–Trinajstić information content (AvgIpc) is 3.02. The lowest BCUT2D eigenvalue weighted by Crippen LogP contribution is -2.47. The van der Waals surface area contributed by atoms with Crippen molar-refractivity contribution in [1.82, 2.24) is 19.8 Å². The Morgan fingerprint density at radius 1 is 0.500 bits per heavy atom. The summed E-state index contributed by atoms with van der Waals surface area (Å²) in [6.07, 6.45) is 0. The molecule has 42 heavy (non-hydrogen) atoms. The Morgan fingerprint density at radius 2 is 0.881 bits per heavy atom. The largest absolute Gasteiger partial charge is 0.369 e. The first kappa shape index (κ1) is 26.7. The van der Waals surface area contributed by atoms with Crippen molar-refractivity contribution in [3.8, 4) is 0 Å². The molecule has 8 heteroatoms. The van der Waals surface area contributed by atoms with E-state index in [9.17, 15) is 8.78 Å². The van der Waals surface area contributed by atoms with Crippen LogP contribution in [0.25, 0.3) is 21.8 Å². The lowest BCUT2D eigenvalue weighted by molar-refractivity contribution is 0.233. The highest BCUT2D eigenvalue weighted by Crippen LogP contribution is 2.25. The first-order valence-corrected chi connectivity index (χ1v) is 14.7. The fourth-order valence-electron chi connectivity index (χ4n) is 6.12. The Labute approximate surface area is 244 Å².